The number of carboxylic acid groups (broad SMARTS) is 1. The van der Waals surface area contributed by atoms with Gasteiger partial charge >= 0.3 is 5.97 Å². The van der Waals surface area contributed by atoms with E-state index in [9.17, 15) is 9.59 Å². The highest BCUT2D eigenvalue weighted by Gasteiger charge is 2.18. The number of aliphatic carboxylic acids is 1. The largest absolute Gasteiger partial charge is 0.481 e. The zero-order chi connectivity index (χ0) is 17.7. The first-order chi connectivity index (χ1) is 11.4. The van der Waals surface area contributed by atoms with E-state index in [-0.39, 0.29) is 18.9 Å². The van der Waals surface area contributed by atoms with E-state index in [1.165, 1.54) is 0 Å². The Kier molecular flexibility index (Phi) is 6.01. The average Bonchev–Trinajstić information content (AvgIpc) is 2.89. The molecule has 0 aliphatic heterocycles. The molecule has 0 aliphatic rings. The number of amides is 1. The number of para-hydroxylation sites is 1. The smallest absolute Gasteiger partial charge is 0.305 e. The number of carbonyl (C=O) groups is 2. The predicted molar refractivity (Wildman–Crippen MR) is 95.0 cm³/mol. The number of nitrogens with zero attached hydrogens (tertiary/aromatic N) is 2. The summed E-state index contributed by atoms with van der Waals surface area (Å²) in [5.74, 6) is -0.581. The second-order valence-electron chi connectivity index (χ2n) is 6.51. The molecular formula is C19H26N2O3. The Bertz CT molecular complexity index is 718. The number of carbonyl (C=O) groups excluding carboxylic acids is 1. The van der Waals surface area contributed by atoms with Crippen molar-refractivity contribution in [2.75, 3.05) is 13.1 Å². The number of aryl methyl sites for hydroxylation is 1. The molecule has 130 valence electrons. The number of hydrogen-bond donors (Lipinski definition) is 1. The summed E-state index contributed by atoms with van der Waals surface area (Å²) in [6.07, 6.45) is 2.32. The van der Waals surface area contributed by atoms with Crippen LogP contribution in [0.3, 0.4) is 0 Å². The Hall–Kier alpha value is -2.30. The van der Waals surface area contributed by atoms with Crippen LogP contribution in [-0.2, 0) is 22.6 Å². The highest BCUT2D eigenvalue weighted by molar-refractivity contribution is 5.89. The highest BCUT2D eigenvalue weighted by Crippen LogP contribution is 2.22. The second-order valence-corrected chi connectivity index (χ2v) is 6.51. The number of hydrogen-bond acceptors (Lipinski definition) is 2. The van der Waals surface area contributed by atoms with Gasteiger partial charge in [0, 0.05) is 36.7 Å². The predicted octanol–water partition coefficient (Wildman–Crippen LogP) is 3.16. The highest BCUT2D eigenvalue weighted by atomic mass is 16.4. The Morgan fingerprint density at radius 3 is 2.58 bits per heavy atom. The number of fused-ring (bicyclic) bond motifs is 1. The van der Waals surface area contributed by atoms with Gasteiger partial charge in [0.2, 0.25) is 5.91 Å². The summed E-state index contributed by atoms with van der Waals surface area (Å²) in [6, 6.07) is 8.07. The van der Waals surface area contributed by atoms with Gasteiger partial charge in [-0.3, -0.25) is 9.59 Å². The minimum absolute atomic E-state index is 0.0102. The number of aromatic nitrogens is 1. The van der Waals surface area contributed by atoms with Crippen LogP contribution < -0.4 is 0 Å². The van der Waals surface area contributed by atoms with E-state index in [1.54, 1.807) is 4.90 Å². The van der Waals surface area contributed by atoms with Gasteiger partial charge in [0.05, 0.1) is 12.8 Å². The first-order valence-corrected chi connectivity index (χ1v) is 8.48. The van der Waals surface area contributed by atoms with Gasteiger partial charge in [0.15, 0.2) is 0 Å². The van der Waals surface area contributed by atoms with E-state index in [0.29, 0.717) is 18.9 Å². The fourth-order valence-corrected chi connectivity index (χ4v) is 2.99. The van der Waals surface area contributed by atoms with E-state index in [4.69, 9.17) is 5.11 Å². The van der Waals surface area contributed by atoms with Crippen LogP contribution in [0.25, 0.3) is 10.9 Å². The third-order valence-corrected chi connectivity index (χ3v) is 4.09. The normalized spacial score (nSPS) is 11.2. The van der Waals surface area contributed by atoms with E-state index in [2.05, 4.69) is 17.6 Å². The lowest BCUT2D eigenvalue weighted by Gasteiger charge is -2.24. The van der Waals surface area contributed by atoms with Gasteiger partial charge in [-0.05, 0) is 24.5 Å². The van der Waals surface area contributed by atoms with Crippen molar-refractivity contribution in [3.8, 4) is 0 Å². The Morgan fingerprint density at radius 1 is 1.25 bits per heavy atom. The first-order valence-electron chi connectivity index (χ1n) is 8.48. The average molecular weight is 330 g/mol. The van der Waals surface area contributed by atoms with Crippen LogP contribution in [0, 0.1) is 5.92 Å². The lowest BCUT2D eigenvalue weighted by Crippen LogP contribution is -2.36. The minimum Gasteiger partial charge on any atom is -0.481 e. The molecule has 0 spiro atoms. The summed E-state index contributed by atoms with van der Waals surface area (Å²) in [5, 5.41) is 10.00. The molecule has 1 aromatic heterocycles. The maximum atomic E-state index is 12.7. The fourth-order valence-electron chi connectivity index (χ4n) is 2.99. The summed E-state index contributed by atoms with van der Waals surface area (Å²) in [4.78, 5) is 25.2. The Balaban J connectivity index is 2.21. The van der Waals surface area contributed by atoms with Crippen LogP contribution in [0.15, 0.2) is 30.5 Å². The van der Waals surface area contributed by atoms with Crippen molar-refractivity contribution >= 4 is 22.8 Å². The van der Waals surface area contributed by atoms with Gasteiger partial charge in [-0.25, -0.2) is 0 Å². The molecule has 0 bridgehead atoms. The van der Waals surface area contributed by atoms with Gasteiger partial charge in [0.25, 0.3) is 0 Å². The molecule has 1 heterocycles. The van der Waals surface area contributed by atoms with Crippen molar-refractivity contribution in [1.29, 1.82) is 0 Å². The van der Waals surface area contributed by atoms with E-state index in [0.717, 1.165) is 23.0 Å². The molecule has 0 saturated carbocycles. The molecule has 2 rings (SSSR count). The van der Waals surface area contributed by atoms with Crippen LogP contribution >= 0.6 is 0 Å². The molecule has 0 radical (unpaired) electrons. The Labute approximate surface area is 142 Å². The fraction of sp³-hybridized carbons (Fsp3) is 0.474. The first kappa shape index (κ1) is 18.0. The van der Waals surface area contributed by atoms with Gasteiger partial charge in [-0.1, -0.05) is 32.0 Å². The number of benzene rings is 1. The zero-order valence-electron chi connectivity index (χ0n) is 14.7. The molecule has 0 aliphatic carbocycles. The van der Waals surface area contributed by atoms with Crippen LogP contribution in [0.4, 0.5) is 0 Å². The Morgan fingerprint density at radius 2 is 1.96 bits per heavy atom. The lowest BCUT2D eigenvalue weighted by atomic mass is 10.1. The van der Waals surface area contributed by atoms with Gasteiger partial charge < -0.3 is 14.6 Å². The third kappa shape index (κ3) is 4.37. The van der Waals surface area contributed by atoms with Crippen LogP contribution in [0.1, 0.15) is 32.8 Å². The maximum Gasteiger partial charge on any atom is 0.305 e. The standard InChI is InChI=1S/C19H26N2O3/c1-4-20-13-15(16-7-5-6-8-17(16)20)11-18(22)21(12-14(2)3)10-9-19(23)24/h5-8,13-14H,4,9-12H2,1-3H3,(H,23,24). The SMILES string of the molecule is CCn1cc(CC(=O)N(CCC(=O)O)CC(C)C)c2ccccc21. The summed E-state index contributed by atoms with van der Waals surface area (Å²) in [6.45, 7) is 7.84. The van der Waals surface area contributed by atoms with Crippen LogP contribution in [-0.4, -0.2) is 39.5 Å². The summed E-state index contributed by atoms with van der Waals surface area (Å²) >= 11 is 0. The van der Waals surface area contributed by atoms with E-state index < -0.39 is 5.97 Å². The molecule has 24 heavy (non-hydrogen) atoms. The van der Waals surface area contributed by atoms with Gasteiger partial charge in [-0.15, -0.1) is 0 Å². The number of rotatable bonds is 8. The van der Waals surface area contributed by atoms with Crippen molar-refractivity contribution in [2.45, 2.75) is 40.2 Å². The lowest BCUT2D eigenvalue weighted by molar-refractivity contribution is -0.138. The molecular weight excluding hydrogens is 304 g/mol. The third-order valence-electron chi connectivity index (χ3n) is 4.09. The van der Waals surface area contributed by atoms with Crippen molar-refractivity contribution < 1.29 is 14.7 Å². The van der Waals surface area contributed by atoms with Crippen LogP contribution in [0.5, 0.6) is 0 Å². The molecule has 1 N–H and O–H groups in total. The quantitative estimate of drug-likeness (QED) is 0.808. The monoisotopic (exact) mass is 330 g/mol. The summed E-state index contributed by atoms with van der Waals surface area (Å²) in [5.41, 5.74) is 2.13. The molecule has 0 saturated heterocycles. The molecule has 0 fully saturated rings. The van der Waals surface area contributed by atoms with Crippen molar-refractivity contribution in [3.05, 3.63) is 36.0 Å². The molecule has 1 amide bonds. The van der Waals surface area contributed by atoms with Gasteiger partial charge in [0.1, 0.15) is 0 Å². The summed E-state index contributed by atoms with van der Waals surface area (Å²) in [7, 11) is 0. The van der Waals surface area contributed by atoms with Gasteiger partial charge in [-0.2, -0.15) is 0 Å². The molecule has 5 nitrogen and oxygen atoms in total. The van der Waals surface area contributed by atoms with E-state index in [1.807, 2.05) is 38.2 Å². The number of carboxylic acids is 1. The van der Waals surface area contributed by atoms with Crippen molar-refractivity contribution in [2.24, 2.45) is 5.92 Å². The second kappa shape index (κ2) is 7.99. The summed E-state index contributed by atoms with van der Waals surface area (Å²) < 4.78 is 2.14. The molecule has 2 aromatic rings. The molecule has 0 unspecified atom stereocenters. The van der Waals surface area contributed by atoms with Crippen molar-refractivity contribution in [3.63, 3.8) is 0 Å². The minimum atomic E-state index is -0.876. The molecule has 1 aromatic carbocycles. The van der Waals surface area contributed by atoms with Crippen molar-refractivity contribution in [1.82, 2.24) is 9.47 Å². The molecule has 0 atom stereocenters. The van der Waals surface area contributed by atoms with Crippen LogP contribution in [0.2, 0.25) is 0 Å². The molecule has 5 heteroatoms. The topological polar surface area (TPSA) is 62.5 Å². The maximum absolute atomic E-state index is 12.7. The zero-order valence-corrected chi connectivity index (χ0v) is 14.7. The van der Waals surface area contributed by atoms with E-state index >= 15 is 0 Å².